The predicted molar refractivity (Wildman–Crippen MR) is 113 cm³/mol. The lowest BCUT2D eigenvalue weighted by molar-refractivity contribution is -0.130. The van der Waals surface area contributed by atoms with E-state index < -0.39 is 0 Å². The first-order valence-corrected chi connectivity index (χ1v) is 10.8. The number of nitrogens with one attached hydrogen (secondary N) is 2. The molecule has 11 heteroatoms. The Balaban J connectivity index is 1.23. The van der Waals surface area contributed by atoms with E-state index in [2.05, 4.69) is 15.6 Å². The number of hydrogen-bond donors (Lipinski definition) is 2. The lowest BCUT2D eigenvalue weighted by Crippen LogP contribution is -2.51. The highest BCUT2D eigenvalue weighted by Crippen LogP contribution is 2.32. The highest BCUT2D eigenvalue weighted by atomic mass is 32.1. The zero-order chi connectivity index (χ0) is 21.8. The zero-order valence-corrected chi connectivity index (χ0v) is 17.9. The second kappa shape index (κ2) is 9.21. The molecule has 0 radical (unpaired) electrons. The number of ether oxygens (including phenoxy) is 2. The number of nitrogens with zero attached hydrogens (tertiary/aromatic N) is 3. The van der Waals surface area contributed by atoms with Crippen molar-refractivity contribution in [3.05, 3.63) is 34.8 Å². The first-order valence-electron chi connectivity index (χ1n) is 9.89. The van der Waals surface area contributed by atoms with Gasteiger partial charge in [-0.1, -0.05) is 6.07 Å². The van der Waals surface area contributed by atoms with Gasteiger partial charge in [-0.15, -0.1) is 11.3 Å². The second-order valence-electron chi connectivity index (χ2n) is 7.21. The van der Waals surface area contributed by atoms with Gasteiger partial charge in [-0.25, -0.2) is 9.78 Å². The molecule has 1 saturated heterocycles. The van der Waals surface area contributed by atoms with E-state index in [4.69, 9.17) is 9.47 Å². The molecule has 2 aliphatic rings. The van der Waals surface area contributed by atoms with Crippen LogP contribution >= 0.6 is 11.3 Å². The average Bonchev–Trinajstić information content (AvgIpc) is 3.41. The molecule has 0 atom stereocenters. The largest absolute Gasteiger partial charge is 0.454 e. The summed E-state index contributed by atoms with van der Waals surface area (Å²) in [6, 6.07) is 5.28. The predicted octanol–water partition coefficient (Wildman–Crippen LogP) is 1.43. The number of aromatic nitrogens is 1. The summed E-state index contributed by atoms with van der Waals surface area (Å²) in [6.07, 6.45) is 0.119. The van der Waals surface area contributed by atoms with Crippen LogP contribution in [0.3, 0.4) is 0 Å². The maximum atomic E-state index is 12.4. The van der Waals surface area contributed by atoms with E-state index in [1.165, 1.54) is 18.3 Å². The summed E-state index contributed by atoms with van der Waals surface area (Å²) in [5, 5.41) is 7.82. The van der Waals surface area contributed by atoms with Crippen LogP contribution in [0.4, 0.5) is 9.93 Å². The van der Waals surface area contributed by atoms with Crippen molar-refractivity contribution in [3.8, 4) is 11.5 Å². The molecule has 4 rings (SSSR count). The van der Waals surface area contributed by atoms with E-state index in [0.29, 0.717) is 55.0 Å². The molecule has 31 heavy (non-hydrogen) atoms. The quantitative estimate of drug-likeness (QED) is 0.720. The van der Waals surface area contributed by atoms with Crippen molar-refractivity contribution in [2.75, 3.05) is 38.3 Å². The van der Waals surface area contributed by atoms with Gasteiger partial charge in [0, 0.05) is 45.0 Å². The van der Waals surface area contributed by atoms with Gasteiger partial charge in [0.05, 0.1) is 12.1 Å². The molecule has 0 bridgehead atoms. The Labute approximate surface area is 183 Å². The molecule has 2 aliphatic heterocycles. The van der Waals surface area contributed by atoms with Crippen LogP contribution < -0.4 is 20.1 Å². The molecule has 3 heterocycles. The number of thiazole rings is 1. The Morgan fingerprint density at radius 1 is 1.10 bits per heavy atom. The van der Waals surface area contributed by atoms with E-state index in [1.807, 2.05) is 18.2 Å². The number of rotatable bonds is 5. The summed E-state index contributed by atoms with van der Waals surface area (Å²) in [6.45, 7) is 4.11. The Kier molecular flexibility index (Phi) is 6.21. The Bertz CT molecular complexity index is 986. The van der Waals surface area contributed by atoms with E-state index in [0.717, 1.165) is 5.56 Å². The SMILES string of the molecule is CC(=O)N1CCN(C(=O)Nc2nc(CC(=O)NCc3ccc4c(c3)OCO4)cs2)CC1. The summed E-state index contributed by atoms with van der Waals surface area (Å²) in [5.74, 6) is 1.23. The minimum absolute atomic E-state index is 0.0152. The van der Waals surface area contributed by atoms with Crippen LogP contribution in [-0.4, -0.2) is 65.6 Å². The van der Waals surface area contributed by atoms with Crippen molar-refractivity contribution in [2.24, 2.45) is 0 Å². The average molecular weight is 446 g/mol. The maximum absolute atomic E-state index is 12.4. The number of urea groups is 1. The first kappa shape index (κ1) is 20.9. The first-order chi connectivity index (χ1) is 15.0. The number of carbonyl (C=O) groups excluding carboxylic acids is 3. The van der Waals surface area contributed by atoms with Crippen molar-refractivity contribution < 1.29 is 23.9 Å². The Hall–Kier alpha value is -3.34. The number of amides is 4. The standard InChI is InChI=1S/C20H23N5O5S/c1-13(26)24-4-6-25(7-5-24)20(28)23-19-22-15(11-31-19)9-18(27)21-10-14-2-3-16-17(8-14)30-12-29-16/h2-3,8,11H,4-7,9-10,12H2,1H3,(H,21,27)(H,22,23,28). The van der Waals surface area contributed by atoms with Gasteiger partial charge in [0.25, 0.3) is 0 Å². The Morgan fingerprint density at radius 3 is 2.61 bits per heavy atom. The molecule has 2 aromatic rings. The van der Waals surface area contributed by atoms with Gasteiger partial charge in [-0.05, 0) is 17.7 Å². The number of carbonyl (C=O) groups is 3. The molecule has 0 saturated carbocycles. The van der Waals surface area contributed by atoms with Crippen LogP contribution in [0.5, 0.6) is 11.5 Å². The van der Waals surface area contributed by atoms with Gasteiger partial charge < -0.3 is 24.6 Å². The third-order valence-corrected chi connectivity index (χ3v) is 5.85. The number of benzene rings is 1. The monoisotopic (exact) mass is 445 g/mol. The summed E-state index contributed by atoms with van der Waals surface area (Å²) >= 11 is 1.27. The van der Waals surface area contributed by atoms with E-state index in [1.54, 1.807) is 15.2 Å². The topological polar surface area (TPSA) is 113 Å². The van der Waals surface area contributed by atoms with Crippen molar-refractivity contribution in [1.82, 2.24) is 20.1 Å². The maximum Gasteiger partial charge on any atom is 0.323 e. The molecule has 0 spiro atoms. The number of piperazine rings is 1. The van der Waals surface area contributed by atoms with Gasteiger partial charge in [-0.3, -0.25) is 14.9 Å². The summed E-state index contributed by atoms with van der Waals surface area (Å²) in [5.41, 5.74) is 1.50. The molecular weight excluding hydrogens is 422 g/mol. The van der Waals surface area contributed by atoms with Gasteiger partial charge in [0.2, 0.25) is 18.6 Å². The summed E-state index contributed by atoms with van der Waals surface area (Å²) in [7, 11) is 0. The minimum atomic E-state index is -0.253. The number of anilines is 1. The fourth-order valence-electron chi connectivity index (χ4n) is 3.32. The third kappa shape index (κ3) is 5.23. The van der Waals surface area contributed by atoms with E-state index >= 15 is 0 Å². The van der Waals surface area contributed by atoms with Crippen LogP contribution in [0.1, 0.15) is 18.2 Å². The number of hydrogen-bond acceptors (Lipinski definition) is 7. The normalized spacial score (nSPS) is 15.0. The van der Waals surface area contributed by atoms with Gasteiger partial charge in [-0.2, -0.15) is 0 Å². The van der Waals surface area contributed by atoms with Gasteiger partial charge in [0.15, 0.2) is 16.6 Å². The number of fused-ring (bicyclic) bond motifs is 1. The second-order valence-corrected chi connectivity index (χ2v) is 8.07. The summed E-state index contributed by atoms with van der Waals surface area (Å²) in [4.78, 5) is 43.7. The zero-order valence-electron chi connectivity index (χ0n) is 17.1. The molecule has 1 aromatic heterocycles. The summed E-state index contributed by atoms with van der Waals surface area (Å²) < 4.78 is 10.6. The Morgan fingerprint density at radius 2 is 1.84 bits per heavy atom. The molecule has 0 unspecified atom stereocenters. The minimum Gasteiger partial charge on any atom is -0.454 e. The molecular formula is C20H23N5O5S. The molecule has 1 aromatic carbocycles. The van der Waals surface area contributed by atoms with Crippen LogP contribution in [0.15, 0.2) is 23.6 Å². The smallest absolute Gasteiger partial charge is 0.323 e. The van der Waals surface area contributed by atoms with E-state index in [9.17, 15) is 14.4 Å². The fourth-order valence-corrected chi connectivity index (χ4v) is 4.02. The molecule has 2 N–H and O–H groups in total. The van der Waals surface area contributed by atoms with Crippen LogP contribution in [0.25, 0.3) is 0 Å². The van der Waals surface area contributed by atoms with Crippen LogP contribution in [0, 0.1) is 0 Å². The lowest BCUT2D eigenvalue weighted by atomic mass is 10.2. The van der Waals surface area contributed by atoms with Gasteiger partial charge >= 0.3 is 6.03 Å². The highest BCUT2D eigenvalue weighted by Gasteiger charge is 2.23. The molecule has 164 valence electrons. The lowest BCUT2D eigenvalue weighted by Gasteiger charge is -2.33. The highest BCUT2D eigenvalue weighted by molar-refractivity contribution is 7.13. The van der Waals surface area contributed by atoms with Gasteiger partial charge in [0.1, 0.15) is 0 Å². The molecule has 4 amide bonds. The van der Waals surface area contributed by atoms with Crippen LogP contribution in [0.2, 0.25) is 0 Å². The van der Waals surface area contributed by atoms with Crippen LogP contribution in [-0.2, 0) is 22.6 Å². The molecule has 10 nitrogen and oxygen atoms in total. The third-order valence-electron chi connectivity index (χ3n) is 5.05. The van der Waals surface area contributed by atoms with Crippen molar-refractivity contribution in [3.63, 3.8) is 0 Å². The van der Waals surface area contributed by atoms with Crippen molar-refractivity contribution in [1.29, 1.82) is 0 Å². The molecule has 0 aliphatic carbocycles. The van der Waals surface area contributed by atoms with E-state index in [-0.39, 0.29) is 31.1 Å². The van der Waals surface area contributed by atoms with Crippen molar-refractivity contribution >= 4 is 34.3 Å². The molecule has 1 fully saturated rings. The van der Waals surface area contributed by atoms with Crippen molar-refractivity contribution in [2.45, 2.75) is 19.9 Å². The fraction of sp³-hybridized carbons (Fsp3) is 0.400.